The van der Waals surface area contributed by atoms with Gasteiger partial charge < -0.3 is 14.4 Å². The molecule has 222 valence electrons. The van der Waals surface area contributed by atoms with E-state index in [-0.39, 0.29) is 18.0 Å². The molecule has 4 aromatic carbocycles. The van der Waals surface area contributed by atoms with Gasteiger partial charge in [0.15, 0.2) is 0 Å². The van der Waals surface area contributed by atoms with Crippen LogP contribution in [0.1, 0.15) is 54.1 Å². The Morgan fingerprint density at radius 1 is 0.930 bits per heavy atom. The van der Waals surface area contributed by atoms with Crippen molar-refractivity contribution in [1.29, 1.82) is 0 Å². The van der Waals surface area contributed by atoms with Gasteiger partial charge in [0.2, 0.25) is 0 Å². The first-order valence-electron chi connectivity index (χ1n) is 14.1. The zero-order valence-corrected chi connectivity index (χ0v) is 26.1. The standard InChI is InChI=1S/C34H31ClN2O4S.ClH/c1-41-32-18-12-24(22-7-13-27(35)14-8-22)19-26(32)21-42(40)29-15-9-23(10-16-29)33-36-30-20-25(34(38)39)11-17-31(30)37(33)28-5-3-2-4-6-28;/h7-20,28H,2-6,21H2,1H3,(H,38,39);1H. The monoisotopic (exact) mass is 634 g/mol. The van der Waals surface area contributed by atoms with Gasteiger partial charge in [-0.25, -0.2) is 9.78 Å². The van der Waals surface area contributed by atoms with E-state index in [9.17, 15) is 14.1 Å². The van der Waals surface area contributed by atoms with Gasteiger partial charge in [0, 0.05) is 27.1 Å². The highest BCUT2D eigenvalue weighted by Gasteiger charge is 2.23. The topological polar surface area (TPSA) is 81.4 Å². The lowest BCUT2D eigenvalue weighted by molar-refractivity contribution is 0.0697. The van der Waals surface area contributed by atoms with E-state index >= 15 is 0 Å². The van der Waals surface area contributed by atoms with Crippen molar-refractivity contribution >= 4 is 51.8 Å². The van der Waals surface area contributed by atoms with Crippen LogP contribution in [0.4, 0.5) is 0 Å². The van der Waals surface area contributed by atoms with Crippen LogP contribution in [-0.4, -0.2) is 31.9 Å². The number of carboxylic acid groups (broad SMARTS) is 1. The zero-order valence-electron chi connectivity index (χ0n) is 23.7. The molecule has 1 aliphatic rings. The molecule has 1 unspecified atom stereocenters. The Balaban J connectivity index is 0.00000368. The Labute approximate surface area is 264 Å². The third-order valence-corrected chi connectivity index (χ3v) is 9.62. The summed E-state index contributed by atoms with van der Waals surface area (Å²) in [5, 5.41) is 10.2. The van der Waals surface area contributed by atoms with Gasteiger partial charge in [-0.2, -0.15) is 0 Å². The van der Waals surface area contributed by atoms with E-state index in [1.165, 1.54) is 6.42 Å². The molecule has 1 atom stereocenters. The number of carboxylic acids is 1. The number of halogens is 2. The van der Waals surface area contributed by atoms with Gasteiger partial charge in [-0.05, 0) is 78.6 Å². The predicted molar refractivity (Wildman–Crippen MR) is 175 cm³/mol. The van der Waals surface area contributed by atoms with Crippen molar-refractivity contribution in [3.05, 3.63) is 101 Å². The number of benzene rings is 4. The molecule has 5 aromatic rings. The summed E-state index contributed by atoms with van der Waals surface area (Å²) in [4.78, 5) is 17.2. The summed E-state index contributed by atoms with van der Waals surface area (Å²) >= 11 is 6.06. The molecule has 6 nitrogen and oxygen atoms in total. The van der Waals surface area contributed by atoms with Crippen LogP contribution in [0.15, 0.2) is 89.8 Å². The molecule has 0 amide bonds. The average Bonchev–Trinajstić information content (AvgIpc) is 3.41. The van der Waals surface area contributed by atoms with Crippen LogP contribution in [0, 0.1) is 0 Å². The fourth-order valence-electron chi connectivity index (χ4n) is 5.84. The number of imidazole rings is 1. The minimum atomic E-state index is -1.31. The first-order chi connectivity index (χ1) is 20.4. The Morgan fingerprint density at radius 2 is 1.60 bits per heavy atom. The normalized spacial score (nSPS) is 14.3. The third-order valence-electron chi connectivity index (χ3n) is 8.00. The number of fused-ring (bicyclic) bond motifs is 1. The van der Waals surface area contributed by atoms with E-state index in [1.807, 2.05) is 72.8 Å². The van der Waals surface area contributed by atoms with E-state index in [0.29, 0.717) is 33.0 Å². The lowest BCUT2D eigenvalue weighted by Gasteiger charge is -2.25. The number of carbonyl (C=O) groups is 1. The SMILES string of the molecule is COc1ccc(-c2ccc(Cl)cc2)cc1CS(=O)c1ccc(-c2nc3cc(C(=O)O)ccc3n2C2CCCCC2)cc1.Cl. The Kier molecular flexibility index (Phi) is 9.55. The zero-order chi connectivity index (χ0) is 29.2. The third kappa shape index (κ3) is 6.49. The van der Waals surface area contributed by atoms with Gasteiger partial charge in [0.05, 0.1) is 40.3 Å². The lowest BCUT2D eigenvalue weighted by atomic mass is 9.95. The van der Waals surface area contributed by atoms with Crippen LogP contribution >= 0.6 is 24.0 Å². The lowest BCUT2D eigenvalue weighted by Crippen LogP contribution is -2.14. The van der Waals surface area contributed by atoms with Crippen molar-refractivity contribution in [2.45, 2.75) is 48.8 Å². The minimum Gasteiger partial charge on any atom is -0.496 e. The van der Waals surface area contributed by atoms with E-state index in [2.05, 4.69) is 4.57 Å². The van der Waals surface area contributed by atoms with Crippen molar-refractivity contribution in [1.82, 2.24) is 9.55 Å². The predicted octanol–water partition coefficient (Wildman–Crippen LogP) is 8.97. The van der Waals surface area contributed by atoms with Crippen LogP contribution in [-0.2, 0) is 16.6 Å². The van der Waals surface area contributed by atoms with Gasteiger partial charge in [-0.1, -0.05) is 61.2 Å². The van der Waals surface area contributed by atoms with Crippen molar-refractivity contribution in [2.24, 2.45) is 0 Å². The van der Waals surface area contributed by atoms with Gasteiger partial charge in [0.1, 0.15) is 11.6 Å². The number of rotatable bonds is 8. The molecule has 1 N–H and O–H groups in total. The molecule has 1 heterocycles. The second-order valence-electron chi connectivity index (χ2n) is 10.7. The number of nitrogens with zero attached hydrogens (tertiary/aromatic N) is 2. The van der Waals surface area contributed by atoms with Gasteiger partial charge in [0.25, 0.3) is 0 Å². The molecule has 1 saturated carbocycles. The largest absolute Gasteiger partial charge is 0.496 e. The summed E-state index contributed by atoms with van der Waals surface area (Å²) in [5.41, 5.74) is 5.65. The molecule has 0 bridgehead atoms. The average molecular weight is 636 g/mol. The Bertz CT molecular complexity index is 1780. The van der Waals surface area contributed by atoms with Gasteiger partial charge in [-0.3, -0.25) is 4.21 Å². The van der Waals surface area contributed by atoms with E-state index in [0.717, 1.165) is 59.3 Å². The van der Waals surface area contributed by atoms with Gasteiger partial charge >= 0.3 is 5.97 Å². The summed E-state index contributed by atoms with van der Waals surface area (Å²) in [7, 11) is 0.316. The van der Waals surface area contributed by atoms with Crippen LogP contribution in [0.3, 0.4) is 0 Å². The fraction of sp³-hybridized carbons (Fsp3) is 0.235. The highest BCUT2D eigenvalue weighted by Crippen LogP contribution is 2.37. The Hall–Kier alpha value is -3.65. The maximum Gasteiger partial charge on any atom is 0.335 e. The maximum absolute atomic E-state index is 13.5. The second-order valence-corrected chi connectivity index (χ2v) is 12.5. The summed E-state index contributed by atoms with van der Waals surface area (Å²) in [5.74, 6) is 0.851. The molecular formula is C34H32Cl2N2O4S. The second kappa shape index (κ2) is 13.3. The van der Waals surface area contributed by atoms with Crippen LogP contribution in [0.5, 0.6) is 5.75 Å². The summed E-state index contributed by atoms with van der Waals surface area (Å²) in [6, 6.07) is 26.8. The maximum atomic E-state index is 13.5. The van der Waals surface area contributed by atoms with Crippen molar-refractivity contribution in [3.63, 3.8) is 0 Å². The quantitative estimate of drug-likeness (QED) is 0.184. The molecule has 1 fully saturated rings. The first kappa shape index (κ1) is 30.8. The minimum absolute atomic E-state index is 0. The van der Waals surface area contributed by atoms with E-state index < -0.39 is 16.8 Å². The molecule has 6 rings (SSSR count). The van der Waals surface area contributed by atoms with Crippen LogP contribution in [0.25, 0.3) is 33.5 Å². The van der Waals surface area contributed by atoms with Crippen LogP contribution in [0.2, 0.25) is 5.02 Å². The number of hydrogen-bond donors (Lipinski definition) is 1. The highest BCUT2D eigenvalue weighted by atomic mass is 35.5. The molecule has 0 radical (unpaired) electrons. The number of methoxy groups -OCH3 is 1. The van der Waals surface area contributed by atoms with Gasteiger partial charge in [-0.15, -0.1) is 12.4 Å². The smallest absolute Gasteiger partial charge is 0.335 e. The van der Waals surface area contributed by atoms with E-state index in [4.69, 9.17) is 21.3 Å². The molecular weight excluding hydrogens is 603 g/mol. The molecule has 1 aromatic heterocycles. The number of ether oxygens (including phenoxy) is 1. The summed E-state index contributed by atoms with van der Waals surface area (Å²) in [6.07, 6.45) is 5.70. The highest BCUT2D eigenvalue weighted by molar-refractivity contribution is 7.84. The van der Waals surface area contributed by atoms with Crippen molar-refractivity contribution in [2.75, 3.05) is 7.11 Å². The number of aromatic carboxylic acids is 1. The first-order valence-corrected chi connectivity index (χ1v) is 15.8. The number of aromatic nitrogens is 2. The molecule has 0 spiro atoms. The summed E-state index contributed by atoms with van der Waals surface area (Å²) in [6.45, 7) is 0. The molecule has 1 aliphatic carbocycles. The van der Waals surface area contributed by atoms with Crippen molar-refractivity contribution in [3.8, 4) is 28.3 Å². The Morgan fingerprint density at radius 3 is 2.28 bits per heavy atom. The van der Waals surface area contributed by atoms with Crippen molar-refractivity contribution < 1.29 is 18.8 Å². The summed E-state index contributed by atoms with van der Waals surface area (Å²) < 4.78 is 21.4. The molecule has 0 saturated heterocycles. The van der Waals surface area contributed by atoms with Crippen LogP contribution < -0.4 is 4.74 Å². The fourth-order valence-corrected chi connectivity index (χ4v) is 7.08. The van der Waals surface area contributed by atoms with E-state index in [1.54, 1.807) is 19.2 Å². The molecule has 9 heteroatoms. The number of hydrogen-bond acceptors (Lipinski definition) is 4. The molecule has 43 heavy (non-hydrogen) atoms. The molecule has 0 aliphatic heterocycles.